The number of carbonyl (C=O) groups is 1. The zero-order chi connectivity index (χ0) is 18.7. The molecule has 1 aliphatic heterocycles. The Labute approximate surface area is 156 Å². The molecule has 138 valence electrons. The minimum Gasteiger partial charge on any atom is -0.444 e. The molecule has 0 radical (unpaired) electrons. The summed E-state index contributed by atoms with van der Waals surface area (Å²) < 4.78 is 5.59. The van der Waals surface area contributed by atoms with Gasteiger partial charge in [-0.2, -0.15) is 0 Å². The number of rotatable bonds is 2. The molecule has 0 aromatic heterocycles. The van der Waals surface area contributed by atoms with Gasteiger partial charge >= 0.3 is 6.09 Å². The van der Waals surface area contributed by atoms with E-state index < -0.39 is 5.60 Å². The Bertz CT molecular complexity index is 752. The molecular formula is C22H28N2O2. The fourth-order valence-electron chi connectivity index (χ4n) is 3.35. The van der Waals surface area contributed by atoms with Gasteiger partial charge in [-0.05, 0) is 51.0 Å². The number of hydrogen-bond acceptors (Lipinski definition) is 3. The van der Waals surface area contributed by atoms with Crippen LogP contribution in [0.5, 0.6) is 0 Å². The van der Waals surface area contributed by atoms with E-state index in [4.69, 9.17) is 4.74 Å². The summed E-state index contributed by atoms with van der Waals surface area (Å²) in [6.45, 7) is 9.88. The summed E-state index contributed by atoms with van der Waals surface area (Å²) in [6, 6.07) is 19.1. The zero-order valence-corrected chi connectivity index (χ0v) is 16.1. The van der Waals surface area contributed by atoms with E-state index in [1.54, 1.807) is 0 Å². The molecule has 1 amide bonds. The number of piperazine rings is 1. The molecule has 4 heteroatoms. The molecule has 1 heterocycles. The second kappa shape index (κ2) is 7.40. The largest absolute Gasteiger partial charge is 0.444 e. The Morgan fingerprint density at radius 1 is 1.04 bits per heavy atom. The van der Waals surface area contributed by atoms with Crippen molar-refractivity contribution in [3.05, 3.63) is 65.7 Å². The van der Waals surface area contributed by atoms with Crippen LogP contribution in [-0.4, -0.2) is 36.2 Å². The van der Waals surface area contributed by atoms with Gasteiger partial charge in [0.25, 0.3) is 0 Å². The SMILES string of the molecule is Cc1cccc(N2CCN(C(=O)OC(C)(C)C)C[C@H]2c2ccccc2)c1. The summed E-state index contributed by atoms with van der Waals surface area (Å²) in [5.41, 5.74) is 3.17. The van der Waals surface area contributed by atoms with Gasteiger partial charge in [0, 0.05) is 25.3 Å². The van der Waals surface area contributed by atoms with E-state index in [-0.39, 0.29) is 12.1 Å². The Balaban J connectivity index is 1.87. The minimum atomic E-state index is -0.479. The first-order valence-electron chi connectivity index (χ1n) is 9.20. The van der Waals surface area contributed by atoms with Gasteiger partial charge in [-0.15, -0.1) is 0 Å². The summed E-state index contributed by atoms with van der Waals surface area (Å²) in [6.07, 6.45) is -0.234. The van der Waals surface area contributed by atoms with Crippen LogP contribution in [0, 0.1) is 6.92 Å². The molecule has 3 rings (SSSR count). The third-order valence-electron chi connectivity index (χ3n) is 4.55. The number of benzene rings is 2. The first-order chi connectivity index (χ1) is 12.3. The van der Waals surface area contributed by atoms with E-state index in [0.29, 0.717) is 13.1 Å². The Morgan fingerprint density at radius 2 is 1.77 bits per heavy atom. The highest BCUT2D eigenvalue weighted by atomic mass is 16.6. The molecule has 1 fully saturated rings. The van der Waals surface area contributed by atoms with E-state index >= 15 is 0 Å². The van der Waals surface area contributed by atoms with E-state index in [0.717, 1.165) is 6.54 Å². The zero-order valence-electron chi connectivity index (χ0n) is 16.1. The highest BCUT2D eigenvalue weighted by Gasteiger charge is 2.33. The summed E-state index contributed by atoms with van der Waals surface area (Å²) in [7, 11) is 0. The lowest BCUT2D eigenvalue weighted by Gasteiger charge is -2.43. The molecule has 0 bridgehead atoms. The standard InChI is InChI=1S/C22H28N2O2/c1-17-9-8-12-19(15-17)24-14-13-23(21(25)26-22(2,3)4)16-20(24)18-10-6-5-7-11-18/h5-12,15,20H,13-14,16H2,1-4H3/t20-/m0/s1. The van der Waals surface area contributed by atoms with E-state index in [2.05, 4.69) is 60.4 Å². The summed E-state index contributed by atoms with van der Waals surface area (Å²) >= 11 is 0. The number of hydrogen-bond donors (Lipinski definition) is 0. The molecule has 1 aliphatic rings. The number of nitrogens with zero attached hydrogens (tertiary/aromatic N) is 2. The molecular weight excluding hydrogens is 324 g/mol. The second-order valence-corrected chi connectivity index (χ2v) is 7.89. The highest BCUT2D eigenvalue weighted by molar-refractivity contribution is 5.69. The smallest absolute Gasteiger partial charge is 0.410 e. The van der Waals surface area contributed by atoms with Crippen LogP contribution in [0.4, 0.5) is 10.5 Å². The van der Waals surface area contributed by atoms with Crippen molar-refractivity contribution in [2.24, 2.45) is 0 Å². The summed E-state index contributed by atoms with van der Waals surface area (Å²) in [5, 5.41) is 0. The van der Waals surface area contributed by atoms with E-state index in [1.807, 2.05) is 31.7 Å². The molecule has 2 aromatic carbocycles. The van der Waals surface area contributed by atoms with Gasteiger partial charge in [-0.1, -0.05) is 42.5 Å². The van der Waals surface area contributed by atoms with Gasteiger partial charge < -0.3 is 14.5 Å². The number of ether oxygens (including phenoxy) is 1. The fourth-order valence-corrected chi connectivity index (χ4v) is 3.35. The first kappa shape index (κ1) is 18.3. The van der Waals surface area contributed by atoms with Crippen molar-refractivity contribution in [2.45, 2.75) is 39.3 Å². The molecule has 0 N–H and O–H groups in total. The Hall–Kier alpha value is -2.49. The minimum absolute atomic E-state index is 0.110. The number of anilines is 1. The lowest BCUT2D eigenvalue weighted by molar-refractivity contribution is 0.0214. The van der Waals surface area contributed by atoms with Gasteiger partial charge in [0.05, 0.1) is 6.04 Å². The van der Waals surface area contributed by atoms with Crippen LogP contribution in [0.3, 0.4) is 0 Å². The second-order valence-electron chi connectivity index (χ2n) is 7.89. The van der Waals surface area contributed by atoms with Crippen LogP contribution < -0.4 is 4.90 Å². The maximum absolute atomic E-state index is 12.6. The van der Waals surface area contributed by atoms with Crippen molar-refractivity contribution < 1.29 is 9.53 Å². The van der Waals surface area contributed by atoms with Crippen molar-refractivity contribution in [3.8, 4) is 0 Å². The van der Waals surface area contributed by atoms with Crippen molar-refractivity contribution in [1.29, 1.82) is 0 Å². The quantitative estimate of drug-likeness (QED) is 0.779. The summed E-state index contributed by atoms with van der Waals surface area (Å²) in [5.74, 6) is 0. The Kier molecular flexibility index (Phi) is 5.21. The molecule has 0 spiro atoms. The van der Waals surface area contributed by atoms with Crippen molar-refractivity contribution in [1.82, 2.24) is 4.90 Å². The van der Waals surface area contributed by atoms with Gasteiger partial charge in [0.2, 0.25) is 0 Å². The van der Waals surface area contributed by atoms with Crippen molar-refractivity contribution >= 4 is 11.8 Å². The summed E-state index contributed by atoms with van der Waals surface area (Å²) in [4.78, 5) is 16.8. The average Bonchev–Trinajstić information content (AvgIpc) is 2.60. The lowest BCUT2D eigenvalue weighted by atomic mass is 10.0. The molecule has 1 saturated heterocycles. The maximum atomic E-state index is 12.6. The van der Waals surface area contributed by atoms with Crippen LogP contribution in [0.25, 0.3) is 0 Å². The topological polar surface area (TPSA) is 32.8 Å². The molecule has 0 saturated carbocycles. The van der Waals surface area contributed by atoms with Crippen LogP contribution >= 0.6 is 0 Å². The molecule has 2 aromatic rings. The van der Waals surface area contributed by atoms with Gasteiger partial charge in [-0.3, -0.25) is 0 Å². The van der Waals surface area contributed by atoms with Crippen LogP contribution in [0.1, 0.15) is 37.9 Å². The Morgan fingerprint density at radius 3 is 2.42 bits per heavy atom. The predicted octanol–water partition coefficient (Wildman–Crippen LogP) is 4.79. The third kappa shape index (κ3) is 4.37. The molecule has 4 nitrogen and oxygen atoms in total. The van der Waals surface area contributed by atoms with Gasteiger partial charge in [0.1, 0.15) is 5.60 Å². The van der Waals surface area contributed by atoms with E-state index in [1.165, 1.54) is 16.8 Å². The predicted molar refractivity (Wildman–Crippen MR) is 106 cm³/mol. The third-order valence-corrected chi connectivity index (χ3v) is 4.55. The van der Waals surface area contributed by atoms with E-state index in [9.17, 15) is 4.79 Å². The highest BCUT2D eigenvalue weighted by Crippen LogP contribution is 2.31. The van der Waals surface area contributed by atoms with Crippen molar-refractivity contribution in [2.75, 3.05) is 24.5 Å². The van der Waals surface area contributed by atoms with Crippen LogP contribution in [0.15, 0.2) is 54.6 Å². The monoisotopic (exact) mass is 352 g/mol. The van der Waals surface area contributed by atoms with Crippen LogP contribution in [0.2, 0.25) is 0 Å². The van der Waals surface area contributed by atoms with Gasteiger partial charge in [0.15, 0.2) is 0 Å². The number of amides is 1. The fraction of sp³-hybridized carbons (Fsp3) is 0.409. The normalized spacial score (nSPS) is 17.9. The maximum Gasteiger partial charge on any atom is 0.410 e. The molecule has 1 atom stereocenters. The first-order valence-corrected chi connectivity index (χ1v) is 9.20. The van der Waals surface area contributed by atoms with Crippen LogP contribution in [-0.2, 0) is 4.74 Å². The average molecular weight is 352 g/mol. The molecule has 0 aliphatic carbocycles. The lowest BCUT2D eigenvalue weighted by Crippen LogP contribution is -2.51. The molecule has 0 unspecified atom stereocenters. The van der Waals surface area contributed by atoms with Gasteiger partial charge in [-0.25, -0.2) is 4.79 Å². The number of aryl methyl sites for hydroxylation is 1. The number of carbonyl (C=O) groups excluding carboxylic acids is 1. The molecule has 26 heavy (non-hydrogen) atoms. The van der Waals surface area contributed by atoms with Crippen molar-refractivity contribution in [3.63, 3.8) is 0 Å².